The molecule has 2 heterocycles. The molecule has 2 N–H and O–H groups in total. The van der Waals surface area contributed by atoms with Crippen molar-refractivity contribution in [3.63, 3.8) is 0 Å². The highest BCUT2D eigenvalue weighted by atomic mass is 32.2. The maximum atomic E-state index is 12.2. The number of hydrogen-bond donors (Lipinski definition) is 2. The number of nitrogens with zero attached hydrogens (tertiary/aromatic N) is 1. The highest BCUT2D eigenvalue weighted by molar-refractivity contribution is 7.92. The predicted octanol–water partition coefficient (Wildman–Crippen LogP) is 2.11. The van der Waals surface area contributed by atoms with Gasteiger partial charge >= 0.3 is 0 Å². The first-order valence-corrected chi connectivity index (χ1v) is 9.79. The van der Waals surface area contributed by atoms with Gasteiger partial charge in [0, 0.05) is 24.4 Å². The van der Waals surface area contributed by atoms with Crippen LogP contribution < -0.4 is 10.0 Å². The lowest BCUT2D eigenvalue weighted by Gasteiger charge is -2.21. The Morgan fingerprint density at radius 3 is 2.85 bits per heavy atom. The molecular weight excluding hydrogens is 294 g/mol. The Bertz CT molecular complexity index is 539. The molecule has 0 bridgehead atoms. The zero-order chi connectivity index (χ0) is 14.0. The molecule has 7 heteroatoms. The van der Waals surface area contributed by atoms with Gasteiger partial charge in [0.2, 0.25) is 10.0 Å². The van der Waals surface area contributed by atoms with E-state index in [2.05, 4.69) is 15.0 Å². The van der Waals surface area contributed by atoms with E-state index in [0.29, 0.717) is 11.0 Å². The maximum absolute atomic E-state index is 12.2. The summed E-state index contributed by atoms with van der Waals surface area (Å²) in [6.45, 7) is 1.72. The predicted molar refractivity (Wildman–Crippen MR) is 81.5 cm³/mol. The Balaban J connectivity index is 1.64. The lowest BCUT2D eigenvalue weighted by Crippen LogP contribution is -2.24. The highest BCUT2D eigenvalue weighted by Gasteiger charge is 2.23. The average Bonchev–Trinajstić information content (AvgIpc) is 2.80. The zero-order valence-corrected chi connectivity index (χ0v) is 13.2. The smallest absolute Gasteiger partial charge is 0.234 e. The van der Waals surface area contributed by atoms with Gasteiger partial charge in [-0.2, -0.15) is 0 Å². The van der Waals surface area contributed by atoms with Gasteiger partial charge in [-0.25, -0.2) is 13.4 Å². The molecule has 0 aromatic carbocycles. The molecule has 1 aliphatic carbocycles. The molecule has 1 aliphatic heterocycles. The van der Waals surface area contributed by atoms with Gasteiger partial charge in [0.25, 0.3) is 0 Å². The third-order valence-corrected chi connectivity index (χ3v) is 6.58. The summed E-state index contributed by atoms with van der Waals surface area (Å²) in [4.78, 5) is 5.58. The highest BCUT2D eigenvalue weighted by Crippen LogP contribution is 2.28. The van der Waals surface area contributed by atoms with E-state index >= 15 is 0 Å². The summed E-state index contributed by atoms with van der Waals surface area (Å²) >= 11 is 1.46. The van der Waals surface area contributed by atoms with E-state index in [1.165, 1.54) is 17.8 Å². The number of aromatic nitrogens is 1. The Labute approximate surface area is 124 Å². The van der Waals surface area contributed by atoms with Gasteiger partial charge in [0.1, 0.15) is 0 Å². The fraction of sp³-hybridized carbons (Fsp3) is 0.769. The minimum Gasteiger partial charge on any atom is -0.311 e. The van der Waals surface area contributed by atoms with Crippen LogP contribution in [0.4, 0.5) is 5.13 Å². The fourth-order valence-electron chi connectivity index (χ4n) is 3.01. The summed E-state index contributed by atoms with van der Waals surface area (Å²) in [5, 5.41) is 3.81. The summed E-state index contributed by atoms with van der Waals surface area (Å²) in [6.07, 6.45) is 6.54. The number of thiazole rings is 1. The van der Waals surface area contributed by atoms with E-state index in [-0.39, 0.29) is 5.75 Å². The number of fused-ring (bicyclic) bond motifs is 1. The lowest BCUT2D eigenvalue weighted by atomic mass is 9.91. The number of hydrogen-bond acceptors (Lipinski definition) is 5. The third kappa shape index (κ3) is 3.51. The molecule has 1 fully saturated rings. The number of rotatable bonds is 4. The Morgan fingerprint density at radius 2 is 2.10 bits per heavy atom. The summed E-state index contributed by atoms with van der Waals surface area (Å²) in [5.74, 6) is 0.563. The second-order valence-corrected chi connectivity index (χ2v) is 8.55. The van der Waals surface area contributed by atoms with Crippen molar-refractivity contribution in [2.75, 3.05) is 17.0 Å². The number of anilines is 1. The van der Waals surface area contributed by atoms with Gasteiger partial charge in [-0.1, -0.05) is 30.6 Å². The second-order valence-electron chi connectivity index (χ2n) is 5.70. The van der Waals surface area contributed by atoms with Crippen molar-refractivity contribution in [1.29, 1.82) is 0 Å². The molecule has 0 atom stereocenters. The van der Waals surface area contributed by atoms with E-state index in [1.807, 2.05) is 0 Å². The van der Waals surface area contributed by atoms with Gasteiger partial charge in [0.15, 0.2) is 5.13 Å². The van der Waals surface area contributed by atoms with Crippen LogP contribution in [0.5, 0.6) is 0 Å². The minimum absolute atomic E-state index is 0.246. The molecule has 3 rings (SSSR count). The quantitative estimate of drug-likeness (QED) is 0.893. The summed E-state index contributed by atoms with van der Waals surface area (Å²) in [7, 11) is -3.26. The van der Waals surface area contributed by atoms with Gasteiger partial charge < -0.3 is 5.32 Å². The first-order valence-electron chi connectivity index (χ1n) is 7.32. The summed E-state index contributed by atoms with van der Waals surface area (Å²) in [6, 6.07) is 0. The van der Waals surface area contributed by atoms with Crippen molar-refractivity contribution in [3.8, 4) is 0 Å². The van der Waals surface area contributed by atoms with Gasteiger partial charge in [-0.15, -0.1) is 0 Å². The molecule has 0 spiro atoms. The third-order valence-electron chi connectivity index (χ3n) is 4.03. The topological polar surface area (TPSA) is 71.1 Å². The van der Waals surface area contributed by atoms with Crippen LogP contribution in [-0.4, -0.2) is 25.7 Å². The Morgan fingerprint density at radius 1 is 1.30 bits per heavy atom. The Kier molecular flexibility index (Phi) is 4.28. The fourth-order valence-corrected chi connectivity index (χ4v) is 5.73. The van der Waals surface area contributed by atoms with Crippen molar-refractivity contribution in [3.05, 3.63) is 10.6 Å². The van der Waals surface area contributed by atoms with E-state index in [4.69, 9.17) is 0 Å². The molecule has 0 saturated heterocycles. The van der Waals surface area contributed by atoms with Crippen LogP contribution in [0.3, 0.4) is 0 Å². The van der Waals surface area contributed by atoms with Gasteiger partial charge in [-0.3, -0.25) is 4.72 Å². The first-order chi connectivity index (χ1) is 9.62. The normalized spacial score (nSPS) is 20.6. The summed E-state index contributed by atoms with van der Waals surface area (Å²) < 4.78 is 27.1. The van der Waals surface area contributed by atoms with Gasteiger partial charge in [-0.05, 0) is 18.8 Å². The molecule has 112 valence electrons. The molecule has 20 heavy (non-hydrogen) atoms. The first kappa shape index (κ1) is 14.3. The molecule has 0 unspecified atom stereocenters. The van der Waals surface area contributed by atoms with Crippen LogP contribution in [0, 0.1) is 5.92 Å². The summed E-state index contributed by atoms with van der Waals surface area (Å²) in [5.41, 5.74) is 1.05. The van der Waals surface area contributed by atoms with Gasteiger partial charge in [0.05, 0.1) is 11.4 Å². The van der Waals surface area contributed by atoms with Crippen LogP contribution in [0.15, 0.2) is 0 Å². The molecular formula is C13H21N3O2S2. The average molecular weight is 315 g/mol. The van der Waals surface area contributed by atoms with Crippen molar-refractivity contribution >= 4 is 26.5 Å². The standard InChI is InChI=1S/C13H21N3O2S2/c17-20(18,9-10-4-2-1-3-5-10)16-13-15-11-6-7-14-8-12(11)19-13/h10,14H,1-9H2,(H,15,16). The molecule has 0 amide bonds. The monoisotopic (exact) mass is 315 g/mol. The molecule has 0 radical (unpaired) electrons. The van der Waals surface area contributed by atoms with Crippen LogP contribution in [0.25, 0.3) is 0 Å². The largest absolute Gasteiger partial charge is 0.311 e. The SMILES string of the molecule is O=S(=O)(CC1CCCCC1)Nc1nc2c(s1)CNCC2. The van der Waals surface area contributed by atoms with Crippen molar-refractivity contribution < 1.29 is 8.42 Å². The number of nitrogens with one attached hydrogen (secondary N) is 2. The van der Waals surface area contributed by atoms with Crippen LogP contribution in [0.2, 0.25) is 0 Å². The molecule has 5 nitrogen and oxygen atoms in total. The van der Waals surface area contributed by atoms with E-state index < -0.39 is 10.0 Å². The maximum Gasteiger partial charge on any atom is 0.234 e. The lowest BCUT2D eigenvalue weighted by molar-refractivity contribution is 0.385. The van der Waals surface area contributed by atoms with Crippen LogP contribution in [0.1, 0.15) is 42.7 Å². The Hall–Kier alpha value is -0.660. The molecule has 1 aromatic rings. The van der Waals surface area contributed by atoms with E-state index in [0.717, 1.165) is 55.8 Å². The molecule has 2 aliphatic rings. The minimum atomic E-state index is -3.26. The molecule has 1 saturated carbocycles. The van der Waals surface area contributed by atoms with Crippen LogP contribution in [-0.2, 0) is 23.0 Å². The van der Waals surface area contributed by atoms with Crippen molar-refractivity contribution in [2.45, 2.75) is 45.1 Å². The van der Waals surface area contributed by atoms with Crippen LogP contribution >= 0.6 is 11.3 Å². The van der Waals surface area contributed by atoms with Crippen molar-refractivity contribution in [2.24, 2.45) is 5.92 Å². The zero-order valence-electron chi connectivity index (χ0n) is 11.5. The van der Waals surface area contributed by atoms with E-state index in [9.17, 15) is 8.42 Å². The van der Waals surface area contributed by atoms with Crippen molar-refractivity contribution in [1.82, 2.24) is 10.3 Å². The molecule has 1 aromatic heterocycles. The number of sulfonamides is 1. The van der Waals surface area contributed by atoms with E-state index in [1.54, 1.807) is 0 Å². The second kappa shape index (κ2) is 5.99.